The molecule has 0 saturated heterocycles. The van der Waals surface area contributed by atoms with Gasteiger partial charge in [0.1, 0.15) is 6.54 Å². The molecule has 186 valence electrons. The summed E-state index contributed by atoms with van der Waals surface area (Å²) in [4.78, 5) is 13.0. The van der Waals surface area contributed by atoms with Crippen molar-refractivity contribution in [1.29, 1.82) is 0 Å². The summed E-state index contributed by atoms with van der Waals surface area (Å²) in [6, 6.07) is 20.8. The van der Waals surface area contributed by atoms with Crippen molar-refractivity contribution in [3.05, 3.63) is 94.5 Å². The molecule has 0 aromatic heterocycles. The maximum absolute atomic E-state index is 13.6. The summed E-state index contributed by atoms with van der Waals surface area (Å²) >= 11 is 1.82. The first-order valence-electron chi connectivity index (χ1n) is 11.7. The predicted octanol–water partition coefficient (Wildman–Crippen LogP) is 5.56. The normalized spacial score (nSPS) is 11.3. The maximum atomic E-state index is 13.6. The molecule has 0 atom stereocenters. The van der Waals surface area contributed by atoms with Crippen LogP contribution in [-0.4, -0.2) is 33.2 Å². The topological polar surface area (TPSA) is 66.5 Å². The largest absolute Gasteiger partial charge is 0.354 e. The Labute approximate surface area is 214 Å². The van der Waals surface area contributed by atoms with E-state index >= 15 is 0 Å². The van der Waals surface area contributed by atoms with Gasteiger partial charge in [0.05, 0.1) is 10.6 Å². The van der Waals surface area contributed by atoms with E-state index in [1.807, 2.05) is 50.7 Å². The van der Waals surface area contributed by atoms with Gasteiger partial charge in [0, 0.05) is 12.3 Å². The molecule has 0 unspecified atom stereocenters. The van der Waals surface area contributed by atoms with E-state index in [9.17, 15) is 13.2 Å². The number of benzene rings is 3. The van der Waals surface area contributed by atoms with E-state index in [0.29, 0.717) is 12.2 Å². The Morgan fingerprint density at radius 1 is 0.857 bits per heavy atom. The first-order chi connectivity index (χ1) is 16.7. The fourth-order valence-corrected chi connectivity index (χ4v) is 5.99. The van der Waals surface area contributed by atoms with E-state index in [2.05, 4.69) is 36.5 Å². The number of carbonyl (C=O) groups is 1. The quantitative estimate of drug-likeness (QED) is 0.343. The van der Waals surface area contributed by atoms with Gasteiger partial charge < -0.3 is 5.32 Å². The van der Waals surface area contributed by atoms with E-state index in [1.54, 1.807) is 24.3 Å². The average molecular weight is 511 g/mol. The highest BCUT2D eigenvalue weighted by atomic mass is 32.2. The van der Waals surface area contributed by atoms with Crippen molar-refractivity contribution >= 4 is 33.4 Å². The third-order valence-corrected chi connectivity index (χ3v) is 8.60. The van der Waals surface area contributed by atoms with Crippen LogP contribution in [0.4, 0.5) is 5.69 Å². The van der Waals surface area contributed by atoms with Gasteiger partial charge in [-0.2, -0.15) is 11.8 Å². The Hall–Kier alpha value is -2.77. The number of rotatable bonds is 11. The van der Waals surface area contributed by atoms with Gasteiger partial charge in [-0.1, -0.05) is 59.7 Å². The molecule has 0 aliphatic rings. The molecule has 0 saturated carbocycles. The zero-order valence-electron chi connectivity index (χ0n) is 20.9. The summed E-state index contributed by atoms with van der Waals surface area (Å²) in [7, 11) is -3.91. The van der Waals surface area contributed by atoms with Gasteiger partial charge in [0.15, 0.2) is 0 Å². The molecule has 0 aliphatic carbocycles. The predicted molar refractivity (Wildman–Crippen MR) is 147 cm³/mol. The lowest BCUT2D eigenvalue weighted by Crippen LogP contribution is -2.41. The smallest absolute Gasteiger partial charge is 0.264 e. The molecule has 3 rings (SSSR count). The Kier molecular flexibility index (Phi) is 9.40. The van der Waals surface area contributed by atoms with Gasteiger partial charge in [0.25, 0.3) is 10.0 Å². The molecule has 7 heteroatoms. The summed E-state index contributed by atoms with van der Waals surface area (Å²) in [5.74, 6) is 1.53. The number of thioether (sulfide) groups is 1. The summed E-state index contributed by atoms with van der Waals surface area (Å²) in [5, 5.41) is 2.90. The fraction of sp³-hybridized carbons (Fsp3) is 0.321. The Bertz CT molecular complexity index is 1240. The number of sulfonamides is 1. The van der Waals surface area contributed by atoms with Gasteiger partial charge in [-0.15, -0.1) is 0 Å². The van der Waals surface area contributed by atoms with Crippen LogP contribution in [0, 0.1) is 27.7 Å². The molecule has 0 bridgehead atoms. The molecule has 35 heavy (non-hydrogen) atoms. The molecular formula is C28H34N2O3S2. The van der Waals surface area contributed by atoms with Crippen LogP contribution in [0.5, 0.6) is 0 Å². The number of hydrogen-bond donors (Lipinski definition) is 1. The number of nitrogens with zero attached hydrogens (tertiary/aromatic N) is 1. The Morgan fingerprint density at radius 2 is 1.46 bits per heavy atom. The second-order valence-corrected chi connectivity index (χ2v) is 11.8. The van der Waals surface area contributed by atoms with Crippen molar-refractivity contribution in [3.63, 3.8) is 0 Å². The molecule has 1 amide bonds. The molecule has 0 aliphatic heterocycles. The van der Waals surface area contributed by atoms with Crippen LogP contribution in [0.1, 0.15) is 34.2 Å². The van der Waals surface area contributed by atoms with E-state index < -0.39 is 10.0 Å². The van der Waals surface area contributed by atoms with Gasteiger partial charge in [-0.05, 0) is 74.8 Å². The van der Waals surface area contributed by atoms with Crippen LogP contribution < -0.4 is 9.62 Å². The Balaban J connectivity index is 1.62. The maximum Gasteiger partial charge on any atom is 0.264 e. The molecule has 3 aromatic rings. The number of carbonyl (C=O) groups excluding carboxylic acids is 1. The van der Waals surface area contributed by atoms with E-state index in [0.717, 1.165) is 34.6 Å². The van der Waals surface area contributed by atoms with Gasteiger partial charge >= 0.3 is 0 Å². The van der Waals surface area contributed by atoms with Crippen LogP contribution in [-0.2, 0) is 20.6 Å². The molecule has 5 nitrogen and oxygen atoms in total. The molecule has 0 fully saturated rings. The van der Waals surface area contributed by atoms with Crippen molar-refractivity contribution in [2.75, 3.05) is 23.1 Å². The van der Waals surface area contributed by atoms with Crippen molar-refractivity contribution in [3.8, 4) is 0 Å². The summed E-state index contributed by atoms with van der Waals surface area (Å²) in [6.07, 6.45) is 0.816. The lowest BCUT2D eigenvalue weighted by atomic mass is 10.1. The van der Waals surface area contributed by atoms with E-state index in [-0.39, 0.29) is 17.3 Å². The van der Waals surface area contributed by atoms with Crippen molar-refractivity contribution in [2.24, 2.45) is 0 Å². The minimum atomic E-state index is -3.91. The van der Waals surface area contributed by atoms with Gasteiger partial charge in [-0.3, -0.25) is 9.10 Å². The third-order valence-electron chi connectivity index (χ3n) is 5.71. The van der Waals surface area contributed by atoms with Gasteiger partial charge in [0.2, 0.25) is 5.91 Å². The van der Waals surface area contributed by atoms with E-state index in [4.69, 9.17) is 0 Å². The summed E-state index contributed by atoms with van der Waals surface area (Å²) in [5.41, 5.74) is 5.76. The lowest BCUT2D eigenvalue weighted by molar-refractivity contribution is -0.119. The Morgan fingerprint density at radius 3 is 2.11 bits per heavy atom. The number of hydrogen-bond acceptors (Lipinski definition) is 4. The standard InChI is InChI=1S/C28H34N2O3S2/c1-21-7-12-25(13-8-21)20-34-17-5-16-29-28(31)19-30(27-18-23(3)6-11-24(27)4)35(32,33)26-14-9-22(2)10-15-26/h6-15,18H,5,16-17,19-20H2,1-4H3,(H,29,31). The average Bonchev–Trinajstić information content (AvgIpc) is 2.83. The van der Waals surface area contributed by atoms with Crippen LogP contribution in [0.3, 0.4) is 0 Å². The lowest BCUT2D eigenvalue weighted by Gasteiger charge is -2.26. The van der Waals surface area contributed by atoms with Crippen LogP contribution >= 0.6 is 11.8 Å². The fourth-order valence-electron chi connectivity index (χ4n) is 3.59. The van der Waals surface area contributed by atoms with E-state index in [1.165, 1.54) is 15.4 Å². The summed E-state index contributed by atoms with van der Waals surface area (Å²) in [6.45, 7) is 7.99. The second-order valence-electron chi connectivity index (χ2n) is 8.86. The van der Waals surface area contributed by atoms with Crippen LogP contribution in [0.25, 0.3) is 0 Å². The first kappa shape index (κ1) is 26.8. The van der Waals surface area contributed by atoms with Crippen molar-refractivity contribution in [1.82, 2.24) is 5.32 Å². The zero-order chi connectivity index (χ0) is 25.4. The summed E-state index contributed by atoms with van der Waals surface area (Å²) < 4.78 is 28.3. The minimum Gasteiger partial charge on any atom is -0.354 e. The highest BCUT2D eigenvalue weighted by Gasteiger charge is 2.28. The molecular weight excluding hydrogens is 476 g/mol. The molecule has 0 spiro atoms. The number of nitrogens with one attached hydrogen (secondary N) is 1. The van der Waals surface area contributed by atoms with Crippen LogP contribution in [0.15, 0.2) is 71.6 Å². The molecule has 1 N–H and O–H groups in total. The third kappa shape index (κ3) is 7.61. The van der Waals surface area contributed by atoms with Crippen LogP contribution in [0.2, 0.25) is 0 Å². The molecule has 0 heterocycles. The van der Waals surface area contributed by atoms with Gasteiger partial charge in [-0.25, -0.2) is 8.42 Å². The zero-order valence-corrected chi connectivity index (χ0v) is 22.5. The number of aryl methyl sites for hydroxylation is 4. The second kappa shape index (κ2) is 12.3. The van der Waals surface area contributed by atoms with Crippen molar-refractivity contribution in [2.45, 2.75) is 44.8 Å². The molecule has 3 aromatic carbocycles. The number of amides is 1. The highest BCUT2D eigenvalue weighted by Crippen LogP contribution is 2.28. The SMILES string of the molecule is Cc1ccc(CSCCCNC(=O)CN(c2cc(C)ccc2C)S(=O)(=O)c2ccc(C)cc2)cc1. The van der Waals surface area contributed by atoms with Crippen molar-refractivity contribution < 1.29 is 13.2 Å². The number of anilines is 1. The highest BCUT2D eigenvalue weighted by molar-refractivity contribution is 7.98. The monoisotopic (exact) mass is 510 g/mol. The first-order valence-corrected chi connectivity index (χ1v) is 14.3. The molecule has 0 radical (unpaired) electrons. The minimum absolute atomic E-state index is 0.171.